The van der Waals surface area contributed by atoms with Crippen LogP contribution in [0.4, 0.5) is 0 Å². The quantitative estimate of drug-likeness (QED) is 0.0696. The zero-order valence-corrected chi connectivity index (χ0v) is 32.8. The number of amides is 2. The molecule has 2 heterocycles. The molecule has 0 spiro atoms. The van der Waals surface area contributed by atoms with Crippen LogP contribution in [-0.4, -0.2) is 56.7 Å². The van der Waals surface area contributed by atoms with Gasteiger partial charge < -0.3 is 25.6 Å². The Labute approximate surface area is 327 Å². The molecule has 4 N–H and O–H groups in total. The van der Waals surface area contributed by atoms with Gasteiger partial charge in [-0.3, -0.25) is 9.59 Å². The molecular weight excluding hydrogens is 713 g/mol. The van der Waals surface area contributed by atoms with Crippen LogP contribution in [0.5, 0.6) is 5.75 Å². The van der Waals surface area contributed by atoms with Crippen LogP contribution in [0.25, 0.3) is 22.5 Å². The average molecular weight is 763 g/mol. The number of ether oxygens (including phenoxy) is 1. The van der Waals surface area contributed by atoms with Crippen LogP contribution in [-0.2, 0) is 21.4 Å². The van der Waals surface area contributed by atoms with E-state index in [1.54, 1.807) is 48.8 Å². The van der Waals surface area contributed by atoms with Gasteiger partial charge in [-0.05, 0) is 65.1 Å². The first kappa shape index (κ1) is 40.8. The average Bonchev–Trinajstić information content (AvgIpc) is 3.69. The number of thiophene rings is 1. The summed E-state index contributed by atoms with van der Waals surface area (Å²) in [5, 5.41) is 26.2. The minimum absolute atomic E-state index is 0.0561. The van der Waals surface area contributed by atoms with E-state index in [0.29, 0.717) is 34.4 Å². The highest BCUT2D eigenvalue weighted by Crippen LogP contribution is 2.30. The van der Waals surface area contributed by atoms with Crippen LogP contribution in [0, 0.1) is 5.92 Å². The van der Waals surface area contributed by atoms with Gasteiger partial charge in [-0.15, -0.1) is 11.3 Å². The van der Waals surface area contributed by atoms with Gasteiger partial charge in [0.25, 0.3) is 5.91 Å². The molecular formula is C44H50N4O6S. The Morgan fingerprint density at radius 1 is 0.800 bits per heavy atom. The van der Waals surface area contributed by atoms with Gasteiger partial charge in [-0.25, -0.2) is 14.8 Å². The molecule has 11 heteroatoms. The molecule has 0 fully saturated rings. The second-order valence-electron chi connectivity index (χ2n) is 15.1. The normalized spacial score (nSPS) is 13.1. The monoisotopic (exact) mass is 762 g/mol. The maximum absolute atomic E-state index is 13.8. The van der Waals surface area contributed by atoms with E-state index in [9.17, 15) is 24.6 Å². The molecule has 55 heavy (non-hydrogen) atoms. The summed E-state index contributed by atoms with van der Waals surface area (Å²) in [6, 6.07) is 24.2. The largest absolute Gasteiger partial charge is 0.494 e. The number of unbranched alkanes of at least 4 members (excludes halogenated alkanes) is 1. The third kappa shape index (κ3) is 11.6. The van der Waals surface area contributed by atoms with Gasteiger partial charge in [0.05, 0.1) is 11.5 Å². The lowest BCUT2D eigenvalue weighted by Crippen LogP contribution is -2.54. The van der Waals surface area contributed by atoms with Gasteiger partial charge in [0.1, 0.15) is 17.9 Å². The lowest BCUT2D eigenvalue weighted by molar-refractivity contribution is -0.145. The summed E-state index contributed by atoms with van der Waals surface area (Å²) in [6.07, 6.45) is 5.47. The molecule has 0 bridgehead atoms. The number of hydrogen-bond donors (Lipinski definition) is 4. The maximum Gasteiger partial charge on any atom is 0.329 e. The number of carbonyl (C=O) groups is 3. The number of rotatable bonds is 17. The van der Waals surface area contributed by atoms with E-state index >= 15 is 0 Å². The highest BCUT2D eigenvalue weighted by atomic mass is 32.1. The maximum atomic E-state index is 13.8. The highest BCUT2D eigenvalue weighted by molar-refractivity contribution is 7.14. The first-order valence-corrected chi connectivity index (χ1v) is 19.4. The number of aromatic nitrogens is 2. The van der Waals surface area contributed by atoms with E-state index in [-0.39, 0.29) is 11.8 Å². The van der Waals surface area contributed by atoms with Crippen LogP contribution in [0.3, 0.4) is 0 Å². The number of nitrogens with one attached hydrogen (secondary N) is 2. The lowest BCUT2D eigenvalue weighted by atomic mass is 9.95. The molecule has 0 aliphatic heterocycles. The van der Waals surface area contributed by atoms with Gasteiger partial charge in [-0.2, -0.15) is 0 Å². The summed E-state index contributed by atoms with van der Waals surface area (Å²) >= 11 is 1.34. The van der Waals surface area contributed by atoms with E-state index in [2.05, 4.69) is 55.2 Å². The third-order valence-corrected chi connectivity index (χ3v) is 10.7. The number of carbonyl (C=O) groups excluding carboxylic acids is 2. The zero-order valence-electron chi connectivity index (χ0n) is 32.0. The van der Waals surface area contributed by atoms with Crippen molar-refractivity contribution in [1.82, 2.24) is 20.6 Å². The van der Waals surface area contributed by atoms with Gasteiger partial charge in [-0.1, -0.05) is 108 Å². The summed E-state index contributed by atoms with van der Waals surface area (Å²) in [5.74, 6) is -0.557. The number of aliphatic hydroxyl groups is 1. The van der Waals surface area contributed by atoms with Gasteiger partial charge in [0, 0.05) is 34.8 Å². The first-order chi connectivity index (χ1) is 26.3. The highest BCUT2D eigenvalue weighted by Gasteiger charge is 2.33. The van der Waals surface area contributed by atoms with Crippen molar-refractivity contribution in [3.63, 3.8) is 0 Å². The molecule has 5 aromatic rings. The summed E-state index contributed by atoms with van der Waals surface area (Å²) in [7, 11) is 0. The van der Waals surface area contributed by atoms with E-state index in [0.717, 1.165) is 40.2 Å². The smallest absolute Gasteiger partial charge is 0.329 e. The number of carboxylic acid groups (broad SMARTS) is 1. The van der Waals surface area contributed by atoms with Crippen LogP contribution in [0.2, 0.25) is 0 Å². The SMILES string of the molecule is CC(C)CCCCOc1ccc(-c2cnc(-c3ccc(C[C@H](NC(=O)c4ccc(C(C)(C)C)s4)C(=O)NC(C(=O)O)C(O)c4ccccc4)cc3)nc2)cc1. The van der Waals surface area contributed by atoms with Crippen molar-refractivity contribution < 1.29 is 29.3 Å². The van der Waals surface area contributed by atoms with E-state index in [1.807, 2.05) is 54.6 Å². The topological polar surface area (TPSA) is 151 Å². The van der Waals surface area contributed by atoms with Crippen molar-refractivity contribution in [3.8, 4) is 28.3 Å². The second-order valence-corrected chi connectivity index (χ2v) is 16.2. The summed E-state index contributed by atoms with van der Waals surface area (Å²) in [6.45, 7) is 11.3. The fourth-order valence-electron chi connectivity index (χ4n) is 5.91. The fourth-order valence-corrected chi connectivity index (χ4v) is 6.88. The number of aliphatic hydroxyl groups excluding tert-OH is 1. The van der Waals surface area contributed by atoms with Crippen molar-refractivity contribution in [2.24, 2.45) is 5.92 Å². The van der Waals surface area contributed by atoms with E-state index in [1.165, 1.54) is 17.8 Å². The van der Waals surface area contributed by atoms with Crippen molar-refractivity contribution >= 4 is 29.1 Å². The minimum atomic E-state index is -1.65. The summed E-state index contributed by atoms with van der Waals surface area (Å²) < 4.78 is 5.90. The molecule has 0 saturated heterocycles. The van der Waals surface area contributed by atoms with Crippen molar-refractivity contribution in [1.29, 1.82) is 0 Å². The molecule has 2 unspecified atom stereocenters. The Bertz CT molecular complexity index is 2010. The lowest BCUT2D eigenvalue weighted by Gasteiger charge is -2.24. The Kier molecular flexibility index (Phi) is 13.9. The van der Waals surface area contributed by atoms with E-state index in [4.69, 9.17) is 4.74 Å². The third-order valence-electron chi connectivity index (χ3n) is 9.15. The molecule has 0 radical (unpaired) electrons. The molecule has 3 atom stereocenters. The number of hydrogen-bond acceptors (Lipinski definition) is 8. The number of benzene rings is 3. The molecule has 2 aromatic heterocycles. The Morgan fingerprint density at radius 2 is 1.45 bits per heavy atom. The molecule has 10 nitrogen and oxygen atoms in total. The fraction of sp³-hybridized carbons (Fsp3) is 0.341. The van der Waals surface area contributed by atoms with Crippen molar-refractivity contribution in [3.05, 3.63) is 124 Å². The molecule has 288 valence electrons. The molecule has 2 amide bonds. The van der Waals surface area contributed by atoms with Gasteiger partial charge in [0.2, 0.25) is 5.91 Å². The van der Waals surface area contributed by atoms with Gasteiger partial charge >= 0.3 is 5.97 Å². The Morgan fingerprint density at radius 3 is 2.05 bits per heavy atom. The van der Waals surface area contributed by atoms with Crippen LogP contribution in [0.1, 0.15) is 85.7 Å². The minimum Gasteiger partial charge on any atom is -0.494 e. The van der Waals surface area contributed by atoms with Crippen LogP contribution >= 0.6 is 11.3 Å². The second kappa shape index (κ2) is 18.8. The Hall–Kier alpha value is -5.39. The number of nitrogens with zero attached hydrogens (tertiary/aromatic N) is 2. The number of aliphatic carboxylic acids is 1. The van der Waals surface area contributed by atoms with Crippen molar-refractivity contribution in [2.45, 2.75) is 83.9 Å². The van der Waals surface area contributed by atoms with E-state index < -0.39 is 36.0 Å². The molecule has 0 aliphatic rings. The first-order valence-electron chi connectivity index (χ1n) is 18.6. The number of carboxylic acids is 1. The predicted molar refractivity (Wildman–Crippen MR) is 216 cm³/mol. The van der Waals surface area contributed by atoms with Gasteiger partial charge in [0.15, 0.2) is 11.9 Å². The van der Waals surface area contributed by atoms with Crippen LogP contribution in [0.15, 0.2) is 103 Å². The van der Waals surface area contributed by atoms with Crippen molar-refractivity contribution in [2.75, 3.05) is 6.61 Å². The standard InChI is InChI=1S/C44H50N4O6S/c1-28(2)11-9-10-24-54-34-20-18-30(19-21-34)33-26-45-40(46-27-33)32-16-14-29(15-17-32)25-35(47-42(51)36-22-23-37(55-36)44(3,4)5)41(50)48-38(43(52)53)39(49)31-12-7-6-8-13-31/h6-8,12-23,26-28,35,38-39,49H,9-11,24-25H2,1-5H3,(H,47,51)(H,48,50)(H,52,53)/t35-,38?,39?/m0/s1. The summed E-state index contributed by atoms with van der Waals surface area (Å²) in [4.78, 5) is 50.1. The molecule has 0 saturated carbocycles. The predicted octanol–water partition coefficient (Wildman–Crippen LogP) is 8.02. The zero-order chi connectivity index (χ0) is 39.5. The molecule has 0 aliphatic carbocycles. The Balaban J connectivity index is 1.28. The summed E-state index contributed by atoms with van der Waals surface area (Å²) in [5.41, 5.74) is 3.47. The molecule has 5 rings (SSSR count). The van der Waals surface area contributed by atoms with Crippen LogP contribution < -0.4 is 15.4 Å². The molecule has 3 aromatic carbocycles.